The maximum Gasteiger partial charge on any atom is 0.251 e. The van der Waals surface area contributed by atoms with E-state index in [1.807, 2.05) is 6.08 Å². The Morgan fingerprint density at radius 2 is 2.06 bits per heavy atom. The number of hydrogen-bond acceptors (Lipinski definition) is 3. The van der Waals surface area contributed by atoms with Crippen LogP contribution in [0.1, 0.15) is 51.3 Å². The van der Waals surface area contributed by atoms with E-state index < -0.39 is 0 Å². The first-order valence-electron chi connectivity index (χ1n) is 6.73. The van der Waals surface area contributed by atoms with Crippen molar-refractivity contribution in [2.45, 2.75) is 51.9 Å². The molecule has 2 heterocycles. The minimum absolute atomic E-state index is 0.116. The highest BCUT2D eigenvalue weighted by atomic mass is 16.1. The highest BCUT2D eigenvalue weighted by molar-refractivity contribution is 5.82. The van der Waals surface area contributed by atoms with Gasteiger partial charge in [-0.15, -0.1) is 0 Å². The van der Waals surface area contributed by atoms with Crippen LogP contribution in [-0.2, 0) is 11.2 Å². The third-order valence-corrected chi connectivity index (χ3v) is 3.08. The fourth-order valence-electron chi connectivity index (χ4n) is 2.02. The Morgan fingerprint density at radius 3 is 2.89 bits per heavy atom. The molecule has 1 aliphatic rings. The van der Waals surface area contributed by atoms with Crippen LogP contribution in [0.25, 0.3) is 6.08 Å². The molecule has 2 rings (SSSR count). The lowest BCUT2D eigenvalue weighted by atomic mass is 10.1. The van der Waals surface area contributed by atoms with Gasteiger partial charge in [0.05, 0.1) is 0 Å². The number of rotatable bonds is 6. The molecule has 1 amide bonds. The van der Waals surface area contributed by atoms with E-state index in [-0.39, 0.29) is 5.91 Å². The summed E-state index contributed by atoms with van der Waals surface area (Å²) in [5, 5.41) is 0.879. The fourth-order valence-corrected chi connectivity index (χ4v) is 2.02. The van der Waals surface area contributed by atoms with E-state index in [2.05, 4.69) is 21.9 Å². The standard InChI is InChI=1S/C14H19N3O/c1-2-3-4-5-6-7-12-15-10-11-8-9-13(18)17-14(11)16-12/h8,10H,2-7,9H2,1H3. The summed E-state index contributed by atoms with van der Waals surface area (Å²) in [7, 11) is 0. The van der Waals surface area contributed by atoms with Crippen LogP contribution in [0.4, 0.5) is 0 Å². The number of aromatic nitrogens is 2. The lowest BCUT2D eigenvalue weighted by Crippen LogP contribution is -2.34. The number of unbranched alkanes of at least 4 members (excludes halogenated alkanes) is 4. The van der Waals surface area contributed by atoms with Crippen LogP contribution in [-0.4, -0.2) is 15.9 Å². The van der Waals surface area contributed by atoms with Gasteiger partial charge in [-0.1, -0.05) is 38.7 Å². The van der Waals surface area contributed by atoms with E-state index in [9.17, 15) is 4.79 Å². The molecule has 0 bridgehead atoms. The lowest BCUT2D eigenvalue weighted by Gasteiger charge is -2.02. The third-order valence-electron chi connectivity index (χ3n) is 3.08. The summed E-state index contributed by atoms with van der Waals surface area (Å²) < 4.78 is 0. The Hall–Kier alpha value is -1.58. The predicted octanol–water partition coefficient (Wildman–Crippen LogP) is 1.32. The van der Waals surface area contributed by atoms with Crippen molar-refractivity contribution in [2.24, 2.45) is 4.99 Å². The van der Waals surface area contributed by atoms with Gasteiger partial charge in [-0.25, -0.2) is 9.97 Å². The van der Waals surface area contributed by atoms with Crippen LogP contribution < -0.4 is 10.7 Å². The summed E-state index contributed by atoms with van der Waals surface area (Å²) in [6.07, 6.45) is 11.0. The molecule has 1 aromatic heterocycles. The van der Waals surface area contributed by atoms with E-state index in [1.54, 1.807) is 6.20 Å². The smallest absolute Gasteiger partial charge is 0.251 e. The monoisotopic (exact) mass is 245 g/mol. The lowest BCUT2D eigenvalue weighted by molar-refractivity contribution is -0.117. The molecule has 1 aromatic rings. The first-order chi connectivity index (χ1) is 8.79. The summed E-state index contributed by atoms with van der Waals surface area (Å²) in [4.78, 5) is 23.8. The summed E-state index contributed by atoms with van der Waals surface area (Å²) >= 11 is 0. The predicted molar refractivity (Wildman–Crippen MR) is 69.4 cm³/mol. The molecule has 0 spiro atoms. The van der Waals surface area contributed by atoms with Crippen molar-refractivity contribution in [1.29, 1.82) is 0 Å². The molecule has 4 nitrogen and oxygen atoms in total. The maximum absolute atomic E-state index is 11.2. The minimum Gasteiger partial charge on any atom is -0.272 e. The molecule has 0 N–H and O–H groups in total. The number of hydrogen-bond donors (Lipinski definition) is 0. The van der Waals surface area contributed by atoms with E-state index in [4.69, 9.17) is 0 Å². The molecule has 0 saturated carbocycles. The minimum atomic E-state index is -0.116. The molecule has 18 heavy (non-hydrogen) atoms. The number of fused-ring (bicyclic) bond motifs is 1. The van der Waals surface area contributed by atoms with Crippen molar-refractivity contribution in [3.63, 3.8) is 0 Å². The number of aryl methyl sites for hydroxylation is 1. The molecule has 4 heteroatoms. The second-order valence-electron chi connectivity index (χ2n) is 4.64. The van der Waals surface area contributed by atoms with Gasteiger partial charge in [0.15, 0.2) is 5.49 Å². The van der Waals surface area contributed by atoms with Crippen molar-refractivity contribution >= 4 is 12.0 Å². The molecule has 0 fully saturated rings. The first kappa shape index (κ1) is 12.9. The SMILES string of the molecule is CCCCCCCc1ncc2c(n1)=NC(=O)CC=2. The van der Waals surface area contributed by atoms with Crippen LogP contribution in [0.5, 0.6) is 0 Å². The first-order valence-corrected chi connectivity index (χ1v) is 6.73. The molecule has 0 atom stereocenters. The summed E-state index contributed by atoms with van der Waals surface area (Å²) in [6.45, 7) is 2.21. The molecule has 1 aliphatic heterocycles. The summed E-state index contributed by atoms with van der Waals surface area (Å²) in [6, 6.07) is 0. The third kappa shape index (κ3) is 3.45. The maximum atomic E-state index is 11.2. The molecule has 0 radical (unpaired) electrons. The number of nitrogens with zero attached hydrogens (tertiary/aromatic N) is 3. The largest absolute Gasteiger partial charge is 0.272 e. The van der Waals surface area contributed by atoms with Crippen LogP contribution in [0.2, 0.25) is 0 Å². The normalized spacial score (nSPS) is 13.7. The number of carbonyl (C=O) groups is 1. The van der Waals surface area contributed by atoms with Crippen LogP contribution in [0, 0.1) is 0 Å². The highest BCUT2D eigenvalue weighted by Gasteiger charge is 2.05. The van der Waals surface area contributed by atoms with Gasteiger partial charge < -0.3 is 0 Å². The van der Waals surface area contributed by atoms with Crippen molar-refractivity contribution in [3.8, 4) is 0 Å². The van der Waals surface area contributed by atoms with Gasteiger partial charge in [-0.2, -0.15) is 4.99 Å². The number of amides is 1. The molecule has 0 aliphatic carbocycles. The zero-order valence-corrected chi connectivity index (χ0v) is 10.9. The Bertz CT molecular complexity index is 536. The van der Waals surface area contributed by atoms with Crippen molar-refractivity contribution in [2.75, 3.05) is 0 Å². The quantitative estimate of drug-likeness (QED) is 0.710. The fraction of sp³-hybridized carbons (Fsp3) is 0.571. The Kier molecular flexibility index (Phi) is 4.56. The summed E-state index contributed by atoms with van der Waals surface area (Å²) in [5.41, 5.74) is 0.546. The second-order valence-corrected chi connectivity index (χ2v) is 4.64. The van der Waals surface area contributed by atoms with E-state index in [0.717, 1.165) is 23.9 Å². The topological polar surface area (TPSA) is 55.2 Å². The Morgan fingerprint density at radius 1 is 1.22 bits per heavy atom. The van der Waals surface area contributed by atoms with E-state index >= 15 is 0 Å². The highest BCUT2D eigenvalue weighted by Crippen LogP contribution is 2.04. The van der Waals surface area contributed by atoms with Crippen molar-refractivity contribution in [1.82, 2.24) is 9.97 Å². The molecule has 0 unspecified atom stereocenters. The van der Waals surface area contributed by atoms with E-state index in [1.165, 1.54) is 25.7 Å². The second kappa shape index (κ2) is 6.38. The molecular formula is C14H19N3O. The Balaban J connectivity index is 1.97. The molecule has 96 valence electrons. The van der Waals surface area contributed by atoms with Crippen LogP contribution in [0.3, 0.4) is 0 Å². The molecular weight excluding hydrogens is 226 g/mol. The average molecular weight is 245 g/mol. The molecule has 0 aromatic carbocycles. The van der Waals surface area contributed by atoms with Gasteiger partial charge >= 0.3 is 0 Å². The van der Waals surface area contributed by atoms with Crippen molar-refractivity contribution < 1.29 is 4.79 Å². The molecule has 0 saturated heterocycles. The van der Waals surface area contributed by atoms with Crippen LogP contribution >= 0.6 is 0 Å². The zero-order valence-electron chi connectivity index (χ0n) is 10.9. The van der Waals surface area contributed by atoms with Gasteiger partial charge in [0.25, 0.3) is 5.91 Å². The number of carbonyl (C=O) groups excluding carboxylic acids is 1. The Labute approximate surface area is 107 Å². The average Bonchev–Trinajstić information content (AvgIpc) is 2.38. The summed E-state index contributed by atoms with van der Waals surface area (Å²) in [5.74, 6) is 0.687. The van der Waals surface area contributed by atoms with Crippen LogP contribution in [0.15, 0.2) is 11.2 Å². The van der Waals surface area contributed by atoms with Crippen molar-refractivity contribution in [3.05, 3.63) is 22.7 Å². The van der Waals surface area contributed by atoms with Gasteiger partial charge in [-0.05, 0) is 6.42 Å². The van der Waals surface area contributed by atoms with Gasteiger partial charge in [0.2, 0.25) is 0 Å². The zero-order chi connectivity index (χ0) is 12.8. The van der Waals surface area contributed by atoms with Gasteiger partial charge in [0, 0.05) is 24.3 Å². The van der Waals surface area contributed by atoms with E-state index in [0.29, 0.717) is 11.9 Å². The van der Waals surface area contributed by atoms with Gasteiger partial charge in [0.1, 0.15) is 5.82 Å². The van der Waals surface area contributed by atoms with Gasteiger partial charge in [-0.3, -0.25) is 4.79 Å².